The van der Waals surface area contributed by atoms with Crippen LogP contribution in [0.25, 0.3) is 0 Å². The van der Waals surface area contributed by atoms with E-state index in [9.17, 15) is 34.4 Å². The van der Waals surface area contributed by atoms with Gasteiger partial charge in [0, 0.05) is 37.7 Å². The van der Waals surface area contributed by atoms with E-state index in [0.717, 1.165) is 6.07 Å². The lowest BCUT2D eigenvalue weighted by molar-refractivity contribution is -0.384. The lowest BCUT2D eigenvalue weighted by Crippen LogP contribution is -2.54. The molecule has 2 aromatic rings. The molecule has 184 valence electrons. The zero-order chi connectivity index (χ0) is 25.9. The molecular formula is C22H20Cl2N4O7. The lowest BCUT2D eigenvalue weighted by atomic mass is 10.0. The zero-order valence-electron chi connectivity index (χ0n) is 18.3. The van der Waals surface area contributed by atoms with Crippen molar-refractivity contribution in [1.29, 1.82) is 0 Å². The first-order valence-electron chi connectivity index (χ1n) is 10.3. The van der Waals surface area contributed by atoms with Crippen molar-refractivity contribution >= 4 is 52.6 Å². The molecule has 0 radical (unpaired) electrons. The van der Waals surface area contributed by atoms with Crippen LogP contribution in [-0.4, -0.2) is 62.8 Å². The second kappa shape index (κ2) is 10.7. The van der Waals surface area contributed by atoms with Crippen molar-refractivity contribution in [1.82, 2.24) is 15.1 Å². The van der Waals surface area contributed by atoms with E-state index < -0.39 is 47.2 Å². The number of hydrogen-bond acceptors (Lipinski definition) is 6. The number of nitro benzene ring substituents is 1. The number of non-ortho nitro benzene ring substituents is 1. The fourth-order valence-electron chi connectivity index (χ4n) is 3.78. The predicted molar refractivity (Wildman–Crippen MR) is 125 cm³/mol. The Hall–Kier alpha value is -3.70. The molecule has 1 heterocycles. The Labute approximate surface area is 209 Å². The molecule has 1 aliphatic heterocycles. The van der Waals surface area contributed by atoms with E-state index in [2.05, 4.69) is 5.32 Å². The number of carboxylic acid groups (broad SMARTS) is 1. The first-order chi connectivity index (χ1) is 16.5. The Bertz CT molecular complexity index is 1210. The molecule has 13 heteroatoms. The first-order valence-corrected chi connectivity index (χ1v) is 11.0. The third kappa shape index (κ3) is 5.87. The van der Waals surface area contributed by atoms with E-state index in [0.29, 0.717) is 0 Å². The van der Waals surface area contributed by atoms with Crippen LogP contribution in [0.4, 0.5) is 5.69 Å². The van der Waals surface area contributed by atoms with Crippen LogP contribution in [0.5, 0.6) is 0 Å². The van der Waals surface area contributed by atoms with E-state index >= 15 is 0 Å². The average Bonchev–Trinajstić information content (AvgIpc) is 3.25. The van der Waals surface area contributed by atoms with Crippen LogP contribution in [0.15, 0.2) is 42.5 Å². The summed E-state index contributed by atoms with van der Waals surface area (Å²) in [7, 11) is 0. The maximum atomic E-state index is 13.3. The average molecular weight is 523 g/mol. The largest absolute Gasteiger partial charge is 0.481 e. The number of benzene rings is 2. The highest BCUT2D eigenvalue weighted by molar-refractivity contribution is 6.42. The number of hydrogen-bond donors (Lipinski definition) is 2. The highest BCUT2D eigenvalue weighted by Crippen LogP contribution is 2.27. The van der Waals surface area contributed by atoms with Crippen molar-refractivity contribution in [3.05, 3.63) is 73.8 Å². The number of rotatable bonds is 7. The summed E-state index contributed by atoms with van der Waals surface area (Å²) in [6, 6.07) is 8.24. The van der Waals surface area contributed by atoms with Gasteiger partial charge in [-0.15, -0.1) is 0 Å². The van der Waals surface area contributed by atoms with Gasteiger partial charge in [-0.05, 0) is 23.8 Å². The highest BCUT2D eigenvalue weighted by atomic mass is 35.5. The molecule has 2 N–H and O–H groups in total. The van der Waals surface area contributed by atoms with Gasteiger partial charge in [0.05, 0.1) is 27.4 Å². The molecule has 2 aromatic carbocycles. The van der Waals surface area contributed by atoms with Gasteiger partial charge in [-0.2, -0.15) is 0 Å². The van der Waals surface area contributed by atoms with Gasteiger partial charge in [0.15, 0.2) is 6.17 Å². The van der Waals surface area contributed by atoms with Gasteiger partial charge in [-0.3, -0.25) is 29.3 Å². The highest BCUT2D eigenvalue weighted by Gasteiger charge is 2.42. The molecule has 0 bridgehead atoms. The number of nitrogens with zero attached hydrogens (tertiary/aromatic N) is 3. The Balaban J connectivity index is 1.93. The van der Waals surface area contributed by atoms with Crippen LogP contribution in [0.2, 0.25) is 10.0 Å². The van der Waals surface area contributed by atoms with E-state index in [-0.39, 0.29) is 39.9 Å². The summed E-state index contributed by atoms with van der Waals surface area (Å²) in [5.41, 5.74) is 0.0443. The molecule has 0 spiro atoms. The molecule has 11 nitrogen and oxygen atoms in total. The van der Waals surface area contributed by atoms with Gasteiger partial charge < -0.3 is 20.2 Å². The lowest BCUT2D eigenvalue weighted by Gasteiger charge is -2.30. The second-order valence-electron chi connectivity index (χ2n) is 7.72. The SMILES string of the molecule is CC(=O)N1CCN(C(=O)c2ccc(Cl)c(Cl)c2)C1C(=O)NC(CC(=O)O)c1cccc([N+](=O)[O-])c1. The van der Waals surface area contributed by atoms with Gasteiger partial charge in [0.2, 0.25) is 5.91 Å². The molecule has 1 fully saturated rings. The minimum absolute atomic E-state index is 0.0388. The van der Waals surface area contributed by atoms with Crippen LogP contribution in [0, 0.1) is 10.1 Å². The van der Waals surface area contributed by atoms with Crippen molar-refractivity contribution in [2.24, 2.45) is 0 Å². The zero-order valence-corrected chi connectivity index (χ0v) is 19.8. The van der Waals surface area contributed by atoms with Gasteiger partial charge in [0.1, 0.15) is 0 Å². The van der Waals surface area contributed by atoms with E-state index in [1.165, 1.54) is 53.1 Å². The summed E-state index contributed by atoms with van der Waals surface area (Å²) in [6.45, 7) is 1.35. The van der Waals surface area contributed by atoms with Gasteiger partial charge in [-0.25, -0.2) is 0 Å². The van der Waals surface area contributed by atoms with Crippen LogP contribution in [0.1, 0.15) is 35.3 Å². The molecule has 2 atom stereocenters. The van der Waals surface area contributed by atoms with Gasteiger partial charge in [0.25, 0.3) is 17.5 Å². The molecule has 0 aromatic heterocycles. The Kier molecular flexibility index (Phi) is 7.92. The number of nitro groups is 1. The summed E-state index contributed by atoms with van der Waals surface area (Å²) >= 11 is 11.9. The smallest absolute Gasteiger partial charge is 0.305 e. The Morgan fingerprint density at radius 1 is 1.11 bits per heavy atom. The normalized spacial score (nSPS) is 16.0. The Morgan fingerprint density at radius 3 is 2.40 bits per heavy atom. The number of carbonyl (C=O) groups is 4. The predicted octanol–water partition coefficient (Wildman–Crippen LogP) is 2.86. The van der Waals surface area contributed by atoms with Gasteiger partial charge >= 0.3 is 5.97 Å². The number of amides is 3. The number of carboxylic acids is 1. The molecule has 1 saturated heterocycles. The van der Waals surface area contributed by atoms with E-state index in [1.807, 2.05) is 0 Å². The van der Waals surface area contributed by atoms with Crippen LogP contribution < -0.4 is 5.32 Å². The minimum Gasteiger partial charge on any atom is -0.481 e. The monoisotopic (exact) mass is 522 g/mol. The number of carbonyl (C=O) groups excluding carboxylic acids is 3. The maximum Gasteiger partial charge on any atom is 0.305 e. The summed E-state index contributed by atoms with van der Waals surface area (Å²) in [5.74, 6) is -3.14. The van der Waals surface area contributed by atoms with Crippen LogP contribution in [-0.2, 0) is 14.4 Å². The van der Waals surface area contributed by atoms with Crippen LogP contribution in [0.3, 0.4) is 0 Å². The molecule has 2 unspecified atom stereocenters. The molecule has 0 saturated carbocycles. The standard InChI is InChI=1S/C22H20Cl2N4O7/c1-12(29)26-7-8-27(22(33)14-5-6-16(23)17(24)10-14)21(26)20(32)25-18(11-19(30)31)13-3-2-4-15(9-13)28(34)35/h2-6,9-10,18,21H,7-8,11H2,1H3,(H,25,32)(H,30,31). The fraction of sp³-hybridized carbons (Fsp3) is 0.273. The molecule has 1 aliphatic rings. The molecule has 3 rings (SSSR count). The third-order valence-electron chi connectivity index (χ3n) is 5.42. The fourth-order valence-corrected chi connectivity index (χ4v) is 4.07. The first kappa shape index (κ1) is 25.9. The third-order valence-corrected chi connectivity index (χ3v) is 6.16. The molecular weight excluding hydrogens is 503 g/mol. The summed E-state index contributed by atoms with van der Waals surface area (Å²) < 4.78 is 0. The topological polar surface area (TPSA) is 150 Å². The maximum absolute atomic E-state index is 13.3. The molecule has 3 amide bonds. The van der Waals surface area contributed by atoms with Crippen molar-refractivity contribution in [2.75, 3.05) is 13.1 Å². The van der Waals surface area contributed by atoms with Crippen molar-refractivity contribution in [2.45, 2.75) is 25.6 Å². The minimum atomic E-state index is -1.37. The van der Waals surface area contributed by atoms with Crippen molar-refractivity contribution < 1.29 is 29.2 Å². The quantitative estimate of drug-likeness (QED) is 0.419. The van der Waals surface area contributed by atoms with E-state index in [1.54, 1.807) is 0 Å². The van der Waals surface area contributed by atoms with Gasteiger partial charge in [-0.1, -0.05) is 35.3 Å². The molecule has 0 aliphatic carbocycles. The Morgan fingerprint density at radius 2 is 1.80 bits per heavy atom. The number of aliphatic carboxylic acids is 1. The summed E-state index contributed by atoms with van der Waals surface area (Å²) in [4.78, 5) is 63.0. The number of nitrogens with one attached hydrogen (secondary N) is 1. The molecule has 35 heavy (non-hydrogen) atoms. The van der Waals surface area contributed by atoms with Crippen molar-refractivity contribution in [3.63, 3.8) is 0 Å². The van der Waals surface area contributed by atoms with Crippen molar-refractivity contribution in [3.8, 4) is 0 Å². The summed E-state index contributed by atoms with van der Waals surface area (Å²) in [6.07, 6.45) is -1.95. The summed E-state index contributed by atoms with van der Waals surface area (Å²) in [5, 5.41) is 23.4. The van der Waals surface area contributed by atoms with Crippen LogP contribution >= 0.6 is 23.2 Å². The second-order valence-corrected chi connectivity index (χ2v) is 8.54. The number of halogens is 2. The van der Waals surface area contributed by atoms with E-state index in [4.69, 9.17) is 23.2 Å².